The molecule has 0 aliphatic carbocycles. The van der Waals surface area contributed by atoms with Crippen molar-refractivity contribution in [3.05, 3.63) is 34.1 Å². The van der Waals surface area contributed by atoms with E-state index in [1.54, 1.807) is 12.1 Å². The number of hydrogen-bond acceptors (Lipinski definition) is 1. The molecule has 2 nitrogen and oxygen atoms in total. The maximum Gasteiger partial charge on any atom is 0.255 e. The molecule has 0 fully saturated rings. The van der Waals surface area contributed by atoms with E-state index in [4.69, 9.17) is 0 Å². The van der Waals surface area contributed by atoms with Crippen LogP contribution in [0.15, 0.2) is 22.7 Å². The predicted octanol–water partition coefficient (Wildman–Crippen LogP) is 3.88. The summed E-state index contributed by atoms with van der Waals surface area (Å²) >= 11 is 6.52. The average molecular weight is 367 g/mol. The lowest BCUT2D eigenvalue weighted by molar-refractivity contribution is 0.0948. The topological polar surface area (TPSA) is 29.1 Å². The van der Waals surface area contributed by atoms with Crippen LogP contribution in [0.4, 0.5) is 4.39 Å². The minimum atomic E-state index is -0.502. The monoisotopic (exact) mass is 365 g/mol. The first-order valence-corrected chi connectivity index (χ1v) is 7.36. The molecule has 0 aliphatic heterocycles. The van der Waals surface area contributed by atoms with Crippen LogP contribution < -0.4 is 5.32 Å². The molecule has 1 N–H and O–H groups in total. The highest BCUT2D eigenvalue weighted by Gasteiger charge is 2.14. The van der Waals surface area contributed by atoms with E-state index in [1.165, 1.54) is 6.07 Å². The Morgan fingerprint density at radius 1 is 1.29 bits per heavy atom. The number of nitrogens with one attached hydrogen (secondary N) is 1. The van der Waals surface area contributed by atoms with Crippen molar-refractivity contribution in [3.63, 3.8) is 0 Å². The molecule has 0 saturated carbocycles. The van der Waals surface area contributed by atoms with Crippen LogP contribution in [0.25, 0.3) is 0 Å². The Kier molecular flexibility index (Phi) is 6.73. The molecule has 0 unspecified atom stereocenters. The number of benzene rings is 1. The van der Waals surface area contributed by atoms with Crippen molar-refractivity contribution in [3.8, 4) is 0 Å². The first kappa shape index (κ1) is 14.6. The third-order valence-electron chi connectivity index (χ3n) is 2.29. The summed E-state index contributed by atoms with van der Waals surface area (Å²) < 4.78 is 13.9. The van der Waals surface area contributed by atoms with E-state index >= 15 is 0 Å². The van der Waals surface area contributed by atoms with Crippen LogP contribution >= 0.6 is 31.9 Å². The summed E-state index contributed by atoms with van der Waals surface area (Å²) in [7, 11) is 0. The van der Waals surface area contributed by atoms with Gasteiger partial charge in [0.25, 0.3) is 5.91 Å². The van der Waals surface area contributed by atoms with E-state index in [1.807, 2.05) is 0 Å². The Hall–Kier alpha value is -0.420. The minimum absolute atomic E-state index is 0.0768. The molecular formula is C12H14Br2FNO. The van der Waals surface area contributed by atoms with E-state index in [0.29, 0.717) is 11.0 Å². The second-order valence-electron chi connectivity index (χ2n) is 3.60. The molecule has 0 spiro atoms. The van der Waals surface area contributed by atoms with E-state index in [2.05, 4.69) is 37.2 Å². The lowest BCUT2D eigenvalue weighted by Crippen LogP contribution is -2.25. The normalized spacial score (nSPS) is 10.3. The quantitative estimate of drug-likeness (QED) is 0.600. The van der Waals surface area contributed by atoms with Gasteiger partial charge in [-0.05, 0) is 40.9 Å². The summed E-state index contributed by atoms with van der Waals surface area (Å²) in [5.41, 5.74) is 0.0768. The van der Waals surface area contributed by atoms with Gasteiger partial charge in [0.1, 0.15) is 5.82 Å². The summed E-state index contributed by atoms with van der Waals surface area (Å²) in [6, 6.07) is 4.50. The number of carbonyl (C=O) groups excluding carboxylic acids is 1. The second kappa shape index (κ2) is 7.82. The van der Waals surface area contributed by atoms with Crippen LogP contribution in [-0.2, 0) is 0 Å². The second-order valence-corrected chi connectivity index (χ2v) is 5.25. The van der Waals surface area contributed by atoms with E-state index in [0.717, 1.165) is 24.6 Å². The van der Waals surface area contributed by atoms with Crippen molar-refractivity contribution in [2.75, 3.05) is 11.9 Å². The van der Waals surface area contributed by atoms with E-state index in [-0.39, 0.29) is 11.5 Å². The van der Waals surface area contributed by atoms with Crippen molar-refractivity contribution < 1.29 is 9.18 Å². The highest BCUT2D eigenvalue weighted by molar-refractivity contribution is 9.10. The maximum absolute atomic E-state index is 13.4. The maximum atomic E-state index is 13.4. The number of rotatable bonds is 6. The molecule has 0 atom stereocenters. The van der Waals surface area contributed by atoms with Crippen LogP contribution in [0.2, 0.25) is 0 Å². The SMILES string of the molecule is O=C(NCCCCCBr)c1c(F)cccc1Br. The largest absolute Gasteiger partial charge is 0.352 e. The van der Waals surface area contributed by atoms with Crippen molar-refractivity contribution >= 4 is 37.8 Å². The zero-order chi connectivity index (χ0) is 12.7. The molecule has 0 saturated heterocycles. The first-order chi connectivity index (χ1) is 8.16. The fourth-order valence-corrected chi connectivity index (χ4v) is 2.32. The zero-order valence-electron chi connectivity index (χ0n) is 9.31. The Balaban J connectivity index is 2.47. The molecule has 1 rings (SSSR count). The van der Waals surface area contributed by atoms with Crippen molar-refractivity contribution in [1.82, 2.24) is 5.32 Å². The van der Waals surface area contributed by atoms with Crippen LogP contribution in [0.1, 0.15) is 29.6 Å². The van der Waals surface area contributed by atoms with Gasteiger partial charge >= 0.3 is 0 Å². The van der Waals surface area contributed by atoms with Gasteiger partial charge in [-0.3, -0.25) is 4.79 Å². The predicted molar refractivity (Wildman–Crippen MR) is 74.1 cm³/mol. The van der Waals surface area contributed by atoms with E-state index < -0.39 is 5.82 Å². The molecule has 0 aliphatic rings. The van der Waals surface area contributed by atoms with Gasteiger partial charge in [-0.1, -0.05) is 28.4 Å². The number of amides is 1. The van der Waals surface area contributed by atoms with Crippen LogP contribution in [0.5, 0.6) is 0 Å². The van der Waals surface area contributed by atoms with Crippen molar-refractivity contribution in [2.24, 2.45) is 0 Å². The van der Waals surface area contributed by atoms with Gasteiger partial charge in [0.05, 0.1) is 5.56 Å². The van der Waals surface area contributed by atoms with E-state index in [9.17, 15) is 9.18 Å². The fraction of sp³-hybridized carbons (Fsp3) is 0.417. The fourth-order valence-electron chi connectivity index (χ4n) is 1.40. The smallest absolute Gasteiger partial charge is 0.255 e. The molecule has 5 heteroatoms. The standard InChI is InChI=1S/C12H14Br2FNO/c13-7-2-1-3-8-16-12(17)11-9(14)5-4-6-10(11)15/h4-6H,1-3,7-8H2,(H,16,17). The molecule has 94 valence electrons. The lowest BCUT2D eigenvalue weighted by Gasteiger charge is -2.07. The molecule has 0 bridgehead atoms. The summed E-state index contributed by atoms with van der Waals surface area (Å²) in [6.07, 6.45) is 3.03. The van der Waals surface area contributed by atoms with Crippen molar-refractivity contribution in [1.29, 1.82) is 0 Å². The number of carbonyl (C=O) groups is 1. The Morgan fingerprint density at radius 3 is 2.71 bits per heavy atom. The third-order valence-corrected chi connectivity index (χ3v) is 3.51. The van der Waals surface area contributed by atoms with Gasteiger partial charge < -0.3 is 5.32 Å². The highest BCUT2D eigenvalue weighted by atomic mass is 79.9. The van der Waals surface area contributed by atoms with Gasteiger partial charge in [0, 0.05) is 16.3 Å². The molecule has 0 heterocycles. The van der Waals surface area contributed by atoms with Gasteiger partial charge in [-0.15, -0.1) is 0 Å². The summed E-state index contributed by atoms with van der Waals surface area (Å²) in [5, 5.41) is 3.69. The molecule has 0 aromatic heterocycles. The summed E-state index contributed by atoms with van der Waals surface area (Å²) in [5.74, 6) is -0.869. The van der Waals surface area contributed by atoms with Gasteiger partial charge in [-0.25, -0.2) is 4.39 Å². The average Bonchev–Trinajstić information content (AvgIpc) is 2.28. The Bertz CT molecular complexity index is 365. The Labute approximate surface area is 117 Å². The summed E-state index contributed by atoms with van der Waals surface area (Å²) in [4.78, 5) is 11.7. The molecule has 0 radical (unpaired) electrons. The third kappa shape index (κ3) is 4.76. The first-order valence-electron chi connectivity index (χ1n) is 5.45. The van der Waals surface area contributed by atoms with Gasteiger partial charge in [-0.2, -0.15) is 0 Å². The Morgan fingerprint density at radius 2 is 2.06 bits per heavy atom. The number of halogens is 3. The number of hydrogen-bond donors (Lipinski definition) is 1. The van der Waals surface area contributed by atoms with Crippen LogP contribution in [0, 0.1) is 5.82 Å². The highest BCUT2D eigenvalue weighted by Crippen LogP contribution is 2.19. The van der Waals surface area contributed by atoms with Gasteiger partial charge in [0.15, 0.2) is 0 Å². The summed E-state index contributed by atoms with van der Waals surface area (Å²) in [6.45, 7) is 0.576. The molecule has 17 heavy (non-hydrogen) atoms. The molecule has 1 amide bonds. The van der Waals surface area contributed by atoms with Crippen molar-refractivity contribution in [2.45, 2.75) is 19.3 Å². The van der Waals surface area contributed by atoms with Crippen LogP contribution in [0.3, 0.4) is 0 Å². The number of alkyl halides is 1. The zero-order valence-corrected chi connectivity index (χ0v) is 12.5. The lowest BCUT2D eigenvalue weighted by atomic mass is 10.2. The molecule has 1 aromatic carbocycles. The van der Waals surface area contributed by atoms with Gasteiger partial charge in [0.2, 0.25) is 0 Å². The van der Waals surface area contributed by atoms with Crippen LogP contribution in [-0.4, -0.2) is 17.8 Å². The molecule has 1 aromatic rings. The minimum Gasteiger partial charge on any atom is -0.352 e. The molecular weight excluding hydrogens is 353 g/mol. The number of unbranched alkanes of at least 4 members (excludes halogenated alkanes) is 2.